The molecule has 0 saturated carbocycles. The van der Waals surface area contributed by atoms with Crippen molar-refractivity contribution in [3.63, 3.8) is 0 Å². The fourth-order valence-corrected chi connectivity index (χ4v) is 4.11. The molecule has 1 fully saturated rings. The quantitative estimate of drug-likeness (QED) is 0.553. The van der Waals surface area contributed by atoms with Gasteiger partial charge in [0, 0.05) is 48.7 Å². The van der Waals surface area contributed by atoms with Crippen LogP contribution >= 0.6 is 11.6 Å². The van der Waals surface area contributed by atoms with E-state index in [0.29, 0.717) is 43.5 Å². The predicted octanol–water partition coefficient (Wildman–Crippen LogP) is 4.66. The molecule has 1 atom stereocenters. The van der Waals surface area contributed by atoms with Crippen molar-refractivity contribution in [1.29, 1.82) is 0 Å². The van der Waals surface area contributed by atoms with Gasteiger partial charge in [-0.3, -0.25) is 4.79 Å². The summed E-state index contributed by atoms with van der Waals surface area (Å²) in [6, 6.07) is 15.7. The molecule has 0 aliphatic carbocycles. The number of carbonyl (C=O) groups excluding carboxylic acids is 1. The van der Waals surface area contributed by atoms with E-state index in [-0.39, 0.29) is 5.91 Å². The van der Waals surface area contributed by atoms with E-state index >= 15 is 0 Å². The van der Waals surface area contributed by atoms with Gasteiger partial charge in [-0.25, -0.2) is 0 Å². The zero-order valence-corrected chi connectivity index (χ0v) is 18.4. The van der Waals surface area contributed by atoms with Crippen molar-refractivity contribution in [2.45, 2.75) is 32.6 Å². The first-order chi connectivity index (χ1) is 15.1. The smallest absolute Gasteiger partial charge is 0.247 e. The maximum atomic E-state index is 12.3. The van der Waals surface area contributed by atoms with Crippen LogP contribution in [0.5, 0.6) is 0 Å². The molecule has 7 heteroatoms. The fraction of sp³-hybridized carbons (Fsp3) is 0.375. The molecule has 2 heterocycles. The number of benzene rings is 2. The second kappa shape index (κ2) is 9.96. The van der Waals surface area contributed by atoms with Crippen molar-refractivity contribution < 1.29 is 9.21 Å². The Morgan fingerprint density at radius 3 is 2.90 bits per heavy atom. The van der Waals surface area contributed by atoms with E-state index in [1.54, 1.807) is 0 Å². The van der Waals surface area contributed by atoms with Gasteiger partial charge in [0.25, 0.3) is 0 Å². The Kier molecular flexibility index (Phi) is 6.87. The number of halogens is 1. The van der Waals surface area contributed by atoms with Crippen LogP contribution in [0.4, 0.5) is 5.69 Å². The number of hydrogen-bond donors (Lipinski definition) is 1. The van der Waals surface area contributed by atoms with Gasteiger partial charge in [0.05, 0.1) is 0 Å². The van der Waals surface area contributed by atoms with Gasteiger partial charge < -0.3 is 14.6 Å². The first kappa shape index (κ1) is 21.4. The van der Waals surface area contributed by atoms with E-state index in [4.69, 9.17) is 16.0 Å². The molecule has 1 N–H and O–H groups in total. The van der Waals surface area contributed by atoms with E-state index in [1.807, 2.05) is 42.5 Å². The van der Waals surface area contributed by atoms with E-state index in [2.05, 4.69) is 33.4 Å². The van der Waals surface area contributed by atoms with Gasteiger partial charge in [-0.1, -0.05) is 35.9 Å². The second-order valence-electron chi connectivity index (χ2n) is 8.06. The average Bonchev–Trinajstić information content (AvgIpc) is 3.44. The molecule has 3 aromatic rings. The van der Waals surface area contributed by atoms with Crippen molar-refractivity contribution in [2.24, 2.45) is 5.92 Å². The highest BCUT2D eigenvalue weighted by Gasteiger charge is 2.24. The van der Waals surface area contributed by atoms with Gasteiger partial charge in [0.1, 0.15) is 0 Å². The summed E-state index contributed by atoms with van der Waals surface area (Å²) in [5.41, 5.74) is 3.32. The molecule has 0 radical (unpaired) electrons. The van der Waals surface area contributed by atoms with E-state index in [0.717, 1.165) is 30.1 Å². The number of aryl methyl sites for hydroxylation is 2. The summed E-state index contributed by atoms with van der Waals surface area (Å²) in [7, 11) is 0. The second-order valence-corrected chi connectivity index (χ2v) is 8.49. The van der Waals surface area contributed by atoms with Crippen LogP contribution in [0.25, 0.3) is 11.5 Å². The number of aromatic nitrogens is 2. The molecule has 162 valence electrons. The minimum absolute atomic E-state index is 0.0696. The molecule has 1 aliphatic heterocycles. The zero-order chi connectivity index (χ0) is 21.6. The Hall–Kier alpha value is -2.86. The molecule has 1 amide bonds. The summed E-state index contributed by atoms with van der Waals surface area (Å²) in [5, 5.41) is 12.0. The van der Waals surface area contributed by atoms with Gasteiger partial charge >= 0.3 is 0 Å². The van der Waals surface area contributed by atoms with E-state index in [9.17, 15) is 4.79 Å². The highest BCUT2D eigenvalue weighted by molar-refractivity contribution is 6.30. The molecule has 31 heavy (non-hydrogen) atoms. The fourth-order valence-electron chi connectivity index (χ4n) is 3.94. The van der Waals surface area contributed by atoms with Crippen molar-refractivity contribution >= 4 is 23.2 Å². The summed E-state index contributed by atoms with van der Waals surface area (Å²) in [5.74, 6) is 1.60. The Morgan fingerprint density at radius 1 is 1.23 bits per heavy atom. The lowest BCUT2D eigenvalue weighted by atomic mass is 10.1. The van der Waals surface area contributed by atoms with Crippen molar-refractivity contribution in [2.75, 3.05) is 24.5 Å². The summed E-state index contributed by atoms with van der Waals surface area (Å²) >= 11 is 6.16. The van der Waals surface area contributed by atoms with Crippen molar-refractivity contribution in [1.82, 2.24) is 15.5 Å². The standard InChI is InChI=1S/C24H27ClN4O2/c1-17-10-11-20(25)14-21(17)29-13-12-18(16-29)15-26-22(30)8-5-9-23-27-28-24(31-23)19-6-3-2-4-7-19/h2-4,6-7,10-11,14,18H,5,8-9,12-13,15-16H2,1H3,(H,26,30). The van der Waals surface area contributed by atoms with Crippen LogP contribution in [0.15, 0.2) is 52.9 Å². The third-order valence-corrected chi connectivity index (χ3v) is 5.90. The van der Waals surface area contributed by atoms with Crippen LogP contribution in [0, 0.1) is 12.8 Å². The summed E-state index contributed by atoms with van der Waals surface area (Å²) in [6.45, 7) is 4.73. The first-order valence-corrected chi connectivity index (χ1v) is 11.1. The summed E-state index contributed by atoms with van der Waals surface area (Å²) in [4.78, 5) is 14.6. The van der Waals surface area contributed by atoms with Gasteiger partial charge in [-0.15, -0.1) is 10.2 Å². The van der Waals surface area contributed by atoms with Crippen molar-refractivity contribution in [3.05, 3.63) is 65.0 Å². The molecular formula is C24H27ClN4O2. The molecule has 1 aliphatic rings. The monoisotopic (exact) mass is 438 g/mol. The minimum Gasteiger partial charge on any atom is -0.421 e. The van der Waals surface area contributed by atoms with Crippen LogP contribution in [0.1, 0.15) is 30.7 Å². The van der Waals surface area contributed by atoms with Crippen LogP contribution in [0.3, 0.4) is 0 Å². The molecule has 6 nitrogen and oxygen atoms in total. The lowest BCUT2D eigenvalue weighted by Crippen LogP contribution is -2.31. The summed E-state index contributed by atoms with van der Waals surface area (Å²) in [6.07, 6.45) is 2.79. The molecule has 1 unspecified atom stereocenters. The molecule has 1 saturated heterocycles. The van der Waals surface area contributed by atoms with Gasteiger partial charge in [-0.05, 0) is 55.5 Å². The Balaban J connectivity index is 1.18. The van der Waals surface area contributed by atoms with Crippen LogP contribution in [-0.4, -0.2) is 35.7 Å². The lowest BCUT2D eigenvalue weighted by Gasteiger charge is -2.21. The molecule has 0 bridgehead atoms. The average molecular weight is 439 g/mol. The normalized spacial score (nSPS) is 15.9. The van der Waals surface area contributed by atoms with Crippen molar-refractivity contribution in [3.8, 4) is 11.5 Å². The Labute approximate surface area is 187 Å². The third kappa shape index (κ3) is 5.64. The van der Waals surface area contributed by atoms with Crippen LogP contribution in [0.2, 0.25) is 5.02 Å². The minimum atomic E-state index is 0.0696. The zero-order valence-electron chi connectivity index (χ0n) is 17.7. The lowest BCUT2D eigenvalue weighted by molar-refractivity contribution is -0.121. The Bertz CT molecular complexity index is 1020. The van der Waals surface area contributed by atoms with Crippen LogP contribution in [-0.2, 0) is 11.2 Å². The molecule has 0 spiro atoms. The third-order valence-electron chi connectivity index (χ3n) is 5.67. The number of nitrogens with zero attached hydrogens (tertiary/aromatic N) is 3. The van der Waals surface area contributed by atoms with E-state index in [1.165, 1.54) is 11.3 Å². The topological polar surface area (TPSA) is 71.3 Å². The van der Waals surface area contributed by atoms with Gasteiger partial charge in [0.15, 0.2) is 0 Å². The Morgan fingerprint density at radius 2 is 2.06 bits per heavy atom. The van der Waals surface area contributed by atoms with Crippen LogP contribution < -0.4 is 10.2 Å². The highest BCUT2D eigenvalue weighted by Crippen LogP contribution is 2.29. The molecule has 1 aromatic heterocycles. The number of nitrogens with one attached hydrogen (secondary N) is 1. The largest absolute Gasteiger partial charge is 0.421 e. The maximum absolute atomic E-state index is 12.3. The number of anilines is 1. The number of carbonyl (C=O) groups is 1. The molecule has 2 aromatic carbocycles. The van der Waals surface area contributed by atoms with Gasteiger partial charge in [-0.2, -0.15) is 0 Å². The first-order valence-electron chi connectivity index (χ1n) is 10.7. The molecular weight excluding hydrogens is 412 g/mol. The summed E-state index contributed by atoms with van der Waals surface area (Å²) < 4.78 is 5.70. The molecule has 4 rings (SSSR count). The number of hydrogen-bond acceptors (Lipinski definition) is 5. The SMILES string of the molecule is Cc1ccc(Cl)cc1N1CCC(CNC(=O)CCCc2nnc(-c3ccccc3)o2)C1. The van der Waals surface area contributed by atoms with Gasteiger partial charge in [0.2, 0.25) is 17.7 Å². The number of amides is 1. The predicted molar refractivity (Wildman–Crippen MR) is 122 cm³/mol. The highest BCUT2D eigenvalue weighted by atomic mass is 35.5. The van der Waals surface area contributed by atoms with E-state index < -0.39 is 0 Å². The maximum Gasteiger partial charge on any atom is 0.247 e. The number of rotatable bonds is 8.